The summed E-state index contributed by atoms with van der Waals surface area (Å²) >= 11 is 0. The number of nitrogens with one attached hydrogen (secondary N) is 1. The first-order chi connectivity index (χ1) is 10.8. The lowest BCUT2D eigenvalue weighted by atomic mass is 10.2. The maximum Gasteiger partial charge on any atom is 0.272 e. The van der Waals surface area contributed by atoms with Crippen LogP contribution in [0.15, 0.2) is 30.3 Å². The number of aromatic nitrogens is 2. The molecule has 1 N–H and O–H groups in total. The molecule has 1 aliphatic heterocycles. The van der Waals surface area contributed by atoms with Crippen LogP contribution in [0.2, 0.25) is 0 Å². The highest BCUT2D eigenvalue weighted by Gasteiger charge is 2.25. The first kappa shape index (κ1) is 13.1. The van der Waals surface area contributed by atoms with Gasteiger partial charge in [-0.25, -0.2) is 0 Å². The van der Waals surface area contributed by atoms with Gasteiger partial charge in [-0.3, -0.25) is 4.79 Å². The van der Waals surface area contributed by atoms with Crippen molar-refractivity contribution >= 4 is 5.91 Å². The number of amides is 1. The predicted molar refractivity (Wildman–Crippen MR) is 77.7 cm³/mol. The molecule has 6 heteroatoms. The Bertz CT molecular complexity index is 711. The van der Waals surface area contributed by atoms with E-state index in [9.17, 15) is 4.79 Å². The van der Waals surface area contributed by atoms with Crippen molar-refractivity contribution in [2.45, 2.75) is 25.3 Å². The van der Waals surface area contributed by atoms with Gasteiger partial charge in [-0.05, 0) is 42.7 Å². The summed E-state index contributed by atoms with van der Waals surface area (Å²) in [6.07, 6.45) is 2.34. The molecule has 112 valence electrons. The van der Waals surface area contributed by atoms with Gasteiger partial charge < -0.3 is 14.8 Å². The van der Waals surface area contributed by atoms with Crippen molar-refractivity contribution in [3.8, 4) is 11.5 Å². The van der Waals surface area contributed by atoms with E-state index in [1.807, 2.05) is 24.3 Å². The van der Waals surface area contributed by atoms with Gasteiger partial charge in [-0.1, -0.05) is 6.07 Å². The second-order valence-electron chi connectivity index (χ2n) is 5.49. The molecule has 1 aliphatic carbocycles. The van der Waals surface area contributed by atoms with Crippen LogP contribution < -0.4 is 14.8 Å². The third-order valence-corrected chi connectivity index (χ3v) is 3.80. The van der Waals surface area contributed by atoms with Crippen LogP contribution in [0.5, 0.6) is 11.5 Å². The Morgan fingerprint density at radius 1 is 1.14 bits per heavy atom. The molecule has 2 aliphatic rings. The highest BCUT2D eigenvalue weighted by atomic mass is 16.7. The Balaban J connectivity index is 1.39. The first-order valence-electron chi connectivity index (χ1n) is 7.30. The predicted octanol–water partition coefficient (Wildman–Crippen LogP) is 2.01. The van der Waals surface area contributed by atoms with E-state index in [1.165, 1.54) is 12.8 Å². The number of fused-ring (bicyclic) bond motifs is 1. The molecular weight excluding hydrogens is 282 g/mol. The van der Waals surface area contributed by atoms with Gasteiger partial charge in [0.2, 0.25) is 6.79 Å². The van der Waals surface area contributed by atoms with Gasteiger partial charge in [0.1, 0.15) is 0 Å². The van der Waals surface area contributed by atoms with Gasteiger partial charge in [0.05, 0.1) is 5.69 Å². The molecule has 2 heterocycles. The van der Waals surface area contributed by atoms with Crippen molar-refractivity contribution in [1.82, 2.24) is 15.5 Å². The topological polar surface area (TPSA) is 73.3 Å². The second-order valence-corrected chi connectivity index (χ2v) is 5.49. The third-order valence-electron chi connectivity index (χ3n) is 3.80. The van der Waals surface area contributed by atoms with E-state index in [0.29, 0.717) is 23.9 Å². The molecule has 1 aromatic carbocycles. The number of hydrogen-bond donors (Lipinski definition) is 1. The van der Waals surface area contributed by atoms with E-state index in [4.69, 9.17) is 9.47 Å². The Kier molecular flexibility index (Phi) is 3.14. The van der Waals surface area contributed by atoms with Crippen molar-refractivity contribution < 1.29 is 14.3 Å². The molecule has 0 radical (unpaired) electrons. The highest BCUT2D eigenvalue weighted by molar-refractivity contribution is 5.92. The molecule has 1 saturated carbocycles. The maximum atomic E-state index is 12.1. The van der Waals surface area contributed by atoms with Crippen LogP contribution in [0.25, 0.3) is 0 Å². The minimum absolute atomic E-state index is 0.229. The number of carbonyl (C=O) groups excluding carboxylic acids is 1. The zero-order valence-electron chi connectivity index (χ0n) is 11.9. The fraction of sp³-hybridized carbons (Fsp3) is 0.312. The van der Waals surface area contributed by atoms with Crippen molar-refractivity contribution in [2.24, 2.45) is 0 Å². The van der Waals surface area contributed by atoms with E-state index >= 15 is 0 Å². The largest absolute Gasteiger partial charge is 0.454 e. The summed E-state index contributed by atoms with van der Waals surface area (Å²) in [5.41, 5.74) is 2.26. The highest BCUT2D eigenvalue weighted by Crippen LogP contribution is 2.38. The Labute approximate surface area is 127 Å². The summed E-state index contributed by atoms with van der Waals surface area (Å²) in [5, 5.41) is 11.0. The summed E-state index contributed by atoms with van der Waals surface area (Å²) in [4.78, 5) is 12.1. The smallest absolute Gasteiger partial charge is 0.272 e. The van der Waals surface area contributed by atoms with Gasteiger partial charge in [0.15, 0.2) is 17.2 Å². The minimum Gasteiger partial charge on any atom is -0.454 e. The summed E-state index contributed by atoms with van der Waals surface area (Å²) in [7, 11) is 0. The van der Waals surface area contributed by atoms with Gasteiger partial charge in [0.25, 0.3) is 5.91 Å². The summed E-state index contributed by atoms with van der Waals surface area (Å²) in [6.45, 7) is 0.648. The van der Waals surface area contributed by atoms with Crippen LogP contribution >= 0.6 is 0 Å². The molecule has 0 unspecified atom stereocenters. The average Bonchev–Trinajstić information content (AvgIpc) is 3.30. The van der Waals surface area contributed by atoms with E-state index in [-0.39, 0.29) is 12.7 Å². The van der Waals surface area contributed by atoms with Crippen LogP contribution in [0.3, 0.4) is 0 Å². The number of carbonyl (C=O) groups is 1. The molecule has 1 fully saturated rings. The zero-order chi connectivity index (χ0) is 14.9. The maximum absolute atomic E-state index is 12.1. The molecule has 1 amide bonds. The molecule has 6 nitrogen and oxygen atoms in total. The molecule has 0 bridgehead atoms. The van der Waals surface area contributed by atoms with Gasteiger partial charge in [-0.15, -0.1) is 5.10 Å². The Morgan fingerprint density at radius 2 is 2.00 bits per heavy atom. The van der Waals surface area contributed by atoms with Crippen LogP contribution in [-0.4, -0.2) is 22.9 Å². The molecule has 2 aromatic rings. The van der Waals surface area contributed by atoms with E-state index in [1.54, 1.807) is 6.07 Å². The standard InChI is InChI=1S/C16H15N3O3/c20-16(13-5-4-12(18-19-13)11-2-3-11)17-8-10-1-6-14-15(7-10)22-9-21-14/h1,4-7,11H,2-3,8-9H2,(H,17,20). The molecule has 1 aromatic heterocycles. The van der Waals surface area contributed by atoms with E-state index in [0.717, 1.165) is 17.0 Å². The van der Waals surface area contributed by atoms with Crippen LogP contribution in [0, 0.1) is 0 Å². The third kappa shape index (κ3) is 2.59. The minimum atomic E-state index is -0.229. The van der Waals surface area contributed by atoms with Crippen molar-refractivity contribution in [3.05, 3.63) is 47.3 Å². The first-order valence-corrected chi connectivity index (χ1v) is 7.30. The normalized spacial score (nSPS) is 15.6. The van der Waals surface area contributed by atoms with Crippen LogP contribution in [0.1, 0.15) is 40.5 Å². The van der Waals surface area contributed by atoms with Crippen molar-refractivity contribution in [2.75, 3.05) is 6.79 Å². The SMILES string of the molecule is O=C(NCc1ccc2c(c1)OCO2)c1ccc(C2CC2)nn1. The van der Waals surface area contributed by atoms with E-state index < -0.39 is 0 Å². The number of nitrogens with zero attached hydrogens (tertiary/aromatic N) is 2. The van der Waals surface area contributed by atoms with Gasteiger partial charge in [-0.2, -0.15) is 5.10 Å². The fourth-order valence-corrected chi connectivity index (χ4v) is 2.38. The number of ether oxygens (including phenoxy) is 2. The lowest BCUT2D eigenvalue weighted by Crippen LogP contribution is -2.24. The fourth-order valence-electron chi connectivity index (χ4n) is 2.38. The number of hydrogen-bond acceptors (Lipinski definition) is 5. The quantitative estimate of drug-likeness (QED) is 0.934. The van der Waals surface area contributed by atoms with E-state index in [2.05, 4.69) is 15.5 Å². The van der Waals surface area contributed by atoms with Crippen molar-refractivity contribution in [1.29, 1.82) is 0 Å². The monoisotopic (exact) mass is 297 g/mol. The molecule has 4 rings (SSSR count). The lowest BCUT2D eigenvalue weighted by Gasteiger charge is -2.06. The Hall–Kier alpha value is -2.63. The zero-order valence-corrected chi connectivity index (χ0v) is 11.9. The lowest BCUT2D eigenvalue weighted by molar-refractivity contribution is 0.0944. The average molecular weight is 297 g/mol. The number of benzene rings is 1. The number of rotatable bonds is 4. The van der Waals surface area contributed by atoms with Crippen LogP contribution in [0.4, 0.5) is 0 Å². The molecule has 0 saturated heterocycles. The molecule has 0 atom stereocenters. The van der Waals surface area contributed by atoms with Crippen molar-refractivity contribution in [3.63, 3.8) is 0 Å². The van der Waals surface area contributed by atoms with Crippen LogP contribution in [-0.2, 0) is 6.54 Å². The second kappa shape index (κ2) is 5.29. The summed E-state index contributed by atoms with van der Waals surface area (Å²) in [5.74, 6) is 1.75. The summed E-state index contributed by atoms with van der Waals surface area (Å²) < 4.78 is 10.6. The summed E-state index contributed by atoms with van der Waals surface area (Å²) in [6, 6.07) is 9.23. The van der Waals surface area contributed by atoms with Gasteiger partial charge in [0, 0.05) is 12.5 Å². The molecule has 22 heavy (non-hydrogen) atoms. The van der Waals surface area contributed by atoms with Gasteiger partial charge >= 0.3 is 0 Å². The molecular formula is C16H15N3O3. The Morgan fingerprint density at radius 3 is 2.77 bits per heavy atom. The molecule has 0 spiro atoms.